The summed E-state index contributed by atoms with van der Waals surface area (Å²) < 4.78 is 25.0. The van der Waals surface area contributed by atoms with Gasteiger partial charge in [0.25, 0.3) is 6.43 Å². The Morgan fingerprint density at radius 2 is 1.79 bits per heavy atom. The maximum absolute atomic E-state index is 12.5. The quantitative estimate of drug-likeness (QED) is 0.889. The Hall–Kier alpha value is -2.04. The summed E-state index contributed by atoms with van der Waals surface area (Å²) in [6.07, 6.45) is 1.72. The SMILES string of the molecule is CCCNc1nccnc1-c1ccc(C(F)F)cc1. The summed E-state index contributed by atoms with van der Waals surface area (Å²) in [6, 6.07) is 6.11. The molecule has 100 valence electrons. The lowest BCUT2D eigenvalue weighted by Crippen LogP contribution is -2.04. The molecule has 1 N–H and O–H groups in total. The molecular formula is C14H15F2N3. The number of alkyl halides is 2. The van der Waals surface area contributed by atoms with E-state index in [4.69, 9.17) is 0 Å². The lowest BCUT2D eigenvalue weighted by Gasteiger charge is -2.09. The Kier molecular flexibility index (Phi) is 4.39. The molecule has 0 fully saturated rings. The van der Waals surface area contributed by atoms with Gasteiger partial charge in [-0.1, -0.05) is 31.2 Å². The van der Waals surface area contributed by atoms with Gasteiger partial charge in [0.2, 0.25) is 0 Å². The number of rotatable bonds is 5. The van der Waals surface area contributed by atoms with Crippen LogP contribution in [0.25, 0.3) is 11.3 Å². The zero-order valence-corrected chi connectivity index (χ0v) is 10.6. The van der Waals surface area contributed by atoms with E-state index in [-0.39, 0.29) is 5.56 Å². The van der Waals surface area contributed by atoms with Crippen molar-refractivity contribution in [3.05, 3.63) is 42.2 Å². The summed E-state index contributed by atoms with van der Waals surface area (Å²) in [5, 5.41) is 3.18. The Labute approximate surface area is 110 Å². The highest BCUT2D eigenvalue weighted by Crippen LogP contribution is 2.26. The maximum atomic E-state index is 12.5. The lowest BCUT2D eigenvalue weighted by molar-refractivity contribution is 0.151. The van der Waals surface area contributed by atoms with Crippen LogP contribution < -0.4 is 5.32 Å². The molecule has 2 rings (SSSR count). The van der Waals surface area contributed by atoms with Crippen molar-refractivity contribution in [2.24, 2.45) is 0 Å². The summed E-state index contributed by atoms with van der Waals surface area (Å²) in [4.78, 5) is 8.49. The first-order valence-corrected chi connectivity index (χ1v) is 6.15. The van der Waals surface area contributed by atoms with Gasteiger partial charge < -0.3 is 5.32 Å². The molecule has 1 aromatic carbocycles. The fraction of sp³-hybridized carbons (Fsp3) is 0.286. The van der Waals surface area contributed by atoms with Gasteiger partial charge in [-0.3, -0.25) is 4.98 Å². The summed E-state index contributed by atoms with van der Waals surface area (Å²) in [5.41, 5.74) is 1.46. The van der Waals surface area contributed by atoms with Gasteiger partial charge in [-0.25, -0.2) is 13.8 Å². The highest BCUT2D eigenvalue weighted by molar-refractivity contribution is 5.71. The molecule has 0 unspecified atom stereocenters. The van der Waals surface area contributed by atoms with E-state index in [0.717, 1.165) is 18.5 Å². The number of hydrogen-bond donors (Lipinski definition) is 1. The fourth-order valence-corrected chi connectivity index (χ4v) is 1.71. The number of hydrogen-bond acceptors (Lipinski definition) is 3. The largest absolute Gasteiger partial charge is 0.368 e. The zero-order valence-electron chi connectivity index (χ0n) is 10.6. The monoisotopic (exact) mass is 263 g/mol. The van der Waals surface area contributed by atoms with Gasteiger partial charge in [0.15, 0.2) is 5.82 Å². The Morgan fingerprint density at radius 1 is 1.11 bits per heavy atom. The third-order valence-corrected chi connectivity index (χ3v) is 2.68. The van der Waals surface area contributed by atoms with Gasteiger partial charge in [0.05, 0.1) is 0 Å². The highest BCUT2D eigenvalue weighted by atomic mass is 19.3. The second-order valence-corrected chi connectivity index (χ2v) is 4.10. The Balaban J connectivity index is 2.30. The first-order valence-electron chi connectivity index (χ1n) is 6.15. The summed E-state index contributed by atoms with van der Waals surface area (Å²) in [7, 11) is 0. The van der Waals surface area contributed by atoms with Gasteiger partial charge in [-0.2, -0.15) is 0 Å². The molecule has 1 aromatic heterocycles. The van der Waals surface area contributed by atoms with Crippen molar-refractivity contribution in [3.63, 3.8) is 0 Å². The first-order chi connectivity index (χ1) is 9.22. The van der Waals surface area contributed by atoms with Crippen LogP contribution in [-0.2, 0) is 0 Å². The molecule has 19 heavy (non-hydrogen) atoms. The van der Waals surface area contributed by atoms with Crippen LogP contribution in [0.1, 0.15) is 25.3 Å². The highest BCUT2D eigenvalue weighted by Gasteiger charge is 2.10. The third-order valence-electron chi connectivity index (χ3n) is 2.68. The minimum absolute atomic E-state index is 0.00991. The Bertz CT molecular complexity index is 526. The van der Waals surface area contributed by atoms with E-state index in [9.17, 15) is 8.78 Å². The molecule has 0 aliphatic rings. The molecule has 3 nitrogen and oxygen atoms in total. The minimum Gasteiger partial charge on any atom is -0.368 e. The van der Waals surface area contributed by atoms with Gasteiger partial charge >= 0.3 is 0 Å². The van der Waals surface area contributed by atoms with Crippen molar-refractivity contribution in [2.75, 3.05) is 11.9 Å². The van der Waals surface area contributed by atoms with E-state index < -0.39 is 6.43 Å². The smallest absolute Gasteiger partial charge is 0.263 e. The second-order valence-electron chi connectivity index (χ2n) is 4.10. The number of aromatic nitrogens is 2. The van der Waals surface area contributed by atoms with E-state index in [1.807, 2.05) is 0 Å². The topological polar surface area (TPSA) is 37.8 Å². The Morgan fingerprint density at radius 3 is 2.42 bits per heavy atom. The molecule has 0 amide bonds. The molecule has 0 aliphatic carbocycles. The average molecular weight is 263 g/mol. The maximum Gasteiger partial charge on any atom is 0.263 e. The molecule has 0 aliphatic heterocycles. The zero-order chi connectivity index (χ0) is 13.7. The molecule has 0 saturated heterocycles. The van der Waals surface area contributed by atoms with Crippen molar-refractivity contribution in [1.82, 2.24) is 9.97 Å². The van der Waals surface area contributed by atoms with Crippen molar-refractivity contribution < 1.29 is 8.78 Å². The molecule has 0 saturated carbocycles. The summed E-state index contributed by atoms with van der Waals surface area (Å²) in [6.45, 7) is 2.85. The molecular weight excluding hydrogens is 248 g/mol. The van der Waals surface area contributed by atoms with Crippen molar-refractivity contribution in [2.45, 2.75) is 19.8 Å². The van der Waals surface area contributed by atoms with Gasteiger partial charge in [0, 0.05) is 30.1 Å². The molecule has 2 aromatic rings. The van der Waals surface area contributed by atoms with Gasteiger partial charge in [0.1, 0.15) is 5.69 Å². The fourth-order valence-electron chi connectivity index (χ4n) is 1.71. The third kappa shape index (κ3) is 3.24. The van der Waals surface area contributed by atoms with Crippen LogP contribution in [0.5, 0.6) is 0 Å². The normalized spacial score (nSPS) is 10.7. The van der Waals surface area contributed by atoms with Crippen LogP contribution in [0.2, 0.25) is 0 Å². The number of halogens is 2. The van der Waals surface area contributed by atoms with E-state index in [0.29, 0.717) is 11.5 Å². The van der Waals surface area contributed by atoms with Crippen LogP contribution in [0.4, 0.5) is 14.6 Å². The molecule has 0 bridgehead atoms. The summed E-state index contributed by atoms with van der Waals surface area (Å²) in [5.74, 6) is 0.675. The predicted octanol–water partition coefficient (Wildman–Crippen LogP) is 3.90. The molecule has 5 heteroatoms. The van der Waals surface area contributed by atoms with E-state index in [1.54, 1.807) is 24.5 Å². The average Bonchev–Trinajstić information content (AvgIpc) is 2.45. The minimum atomic E-state index is -2.45. The number of benzene rings is 1. The molecule has 0 atom stereocenters. The van der Waals surface area contributed by atoms with E-state index >= 15 is 0 Å². The van der Waals surface area contributed by atoms with Crippen molar-refractivity contribution in [1.29, 1.82) is 0 Å². The number of nitrogens with one attached hydrogen (secondary N) is 1. The molecule has 0 spiro atoms. The van der Waals surface area contributed by atoms with Crippen molar-refractivity contribution >= 4 is 5.82 Å². The molecule has 1 heterocycles. The van der Waals surface area contributed by atoms with Crippen LogP contribution in [0.15, 0.2) is 36.7 Å². The van der Waals surface area contributed by atoms with Crippen LogP contribution in [0, 0.1) is 0 Å². The summed E-state index contributed by atoms with van der Waals surface area (Å²) >= 11 is 0. The van der Waals surface area contributed by atoms with E-state index in [1.165, 1.54) is 12.1 Å². The van der Waals surface area contributed by atoms with Crippen LogP contribution in [-0.4, -0.2) is 16.5 Å². The van der Waals surface area contributed by atoms with Crippen molar-refractivity contribution in [3.8, 4) is 11.3 Å². The predicted molar refractivity (Wildman–Crippen MR) is 71.2 cm³/mol. The standard InChI is InChI=1S/C14H15F2N3/c1-2-7-18-14-12(17-8-9-19-14)10-3-5-11(6-4-10)13(15)16/h3-6,8-9,13H,2,7H2,1H3,(H,18,19). The number of nitrogens with zero attached hydrogens (tertiary/aromatic N) is 2. The van der Waals surface area contributed by atoms with E-state index in [2.05, 4.69) is 22.2 Å². The first kappa shape index (κ1) is 13.4. The lowest BCUT2D eigenvalue weighted by atomic mass is 10.1. The van der Waals surface area contributed by atoms with Gasteiger partial charge in [-0.15, -0.1) is 0 Å². The van der Waals surface area contributed by atoms with Crippen LogP contribution in [0.3, 0.4) is 0 Å². The van der Waals surface area contributed by atoms with Gasteiger partial charge in [-0.05, 0) is 6.42 Å². The second kappa shape index (κ2) is 6.22. The van der Waals surface area contributed by atoms with Crippen LogP contribution >= 0.6 is 0 Å². The number of anilines is 1. The molecule has 0 radical (unpaired) electrons.